The Balaban J connectivity index is 3.56. The maximum absolute atomic E-state index is 10.3. The van der Waals surface area contributed by atoms with Crippen LogP contribution in [0.1, 0.15) is 0 Å². The minimum atomic E-state index is -0.964. The van der Waals surface area contributed by atoms with Crippen LogP contribution in [0.3, 0.4) is 0 Å². The molecule has 2 N–H and O–H groups in total. The summed E-state index contributed by atoms with van der Waals surface area (Å²) in [5.41, 5.74) is 0. The summed E-state index contributed by atoms with van der Waals surface area (Å²) in [6, 6.07) is -0.497. The van der Waals surface area contributed by atoms with Crippen molar-refractivity contribution in [3.63, 3.8) is 0 Å². The summed E-state index contributed by atoms with van der Waals surface area (Å²) in [6.45, 7) is 0. The van der Waals surface area contributed by atoms with Crippen LogP contribution >= 0.6 is 0 Å². The van der Waals surface area contributed by atoms with E-state index in [0.29, 0.717) is 0 Å². The Labute approximate surface area is 61.6 Å². The molecule has 0 heterocycles. The van der Waals surface area contributed by atoms with Crippen molar-refractivity contribution >= 4 is 23.6 Å². The van der Waals surface area contributed by atoms with Gasteiger partial charge in [0.15, 0.2) is 0 Å². The number of carboxylic acids is 1. The standard InChI is InChI=1S/C4H8N2O3S/c1-5-4(9)6-10-2-3(7)8/h10H,2H2,1H3,(H,5,9)(H,7,8). The number of carbonyl (C=O) groups is 2. The summed E-state index contributed by atoms with van der Waals surface area (Å²) in [5.74, 6) is -1.10. The fourth-order valence-corrected chi connectivity index (χ4v) is 0.630. The number of urea groups is 1. The van der Waals surface area contributed by atoms with Crippen molar-refractivity contribution in [2.45, 2.75) is 0 Å². The Morgan fingerprint density at radius 3 is 2.70 bits per heavy atom. The molecule has 0 spiro atoms. The number of rotatable bonds is 2. The molecule has 0 aromatic heterocycles. The molecule has 0 atom stereocenters. The minimum absolute atomic E-state index is 0.132. The van der Waals surface area contributed by atoms with Gasteiger partial charge in [0.25, 0.3) is 0 Å². The van der Waals surface area contributed by atoms with E-state index >= 15 is 0 Å². The molecule has 0 fully saturated rings. The van der Waals surface area contributed by atoms with E-state index in [-0.39, 0.29) is 17.3 Å². The van der Waals surface area contributed by atoms with Crippen molar-refractivity contribution in [2.75, 3.05) is 12.8 Å². The third-order valence-electron chi connectivity index (χ3n) is 0.581. The zero-order chi connectivity index (χ0) is 7.98. The predicted octanol–water partition coefficient (Wildman–Crippen LogP) is -0.591. The average molecular weight is 164 g/mol. The van der Waals surface area contributed by atoms with E-state index in [4.69, 9.17) is 5.11 Å². The van der Waals surface area contributed by atoms with Gasteiger partial charge in [0, 0.05) is 7.05 Å². The number of amides is 2. The van der Waals surface area contributed by atoms with E-state index in [0.717, 1.165) is 0 Å². The zero-order valence-corrected chi connectivity index (χ0v) is 6.26. The van der Waals surface area contributed by atoms with Crippen LogP contribution in [0.15, 0.2) is 4.36 Å². The van der Waals surface area contributed by atoms with Crippen molar-refractivity contribution in [1.82, 2.24) is 5.32 Å². The van der Waals surface area contributed by atoms with Gasteiger partial charge in [0.1, 0.15) is 0 Å². The first-order valence-electron chi connectivity index (χ1n) is 2.48. The molecule has 0 bridgehead atoms. The molecule has 0 saturated heterocycles. The first-order chi connectivity index (χ1) is 4.66. The van der Waals surface area contributed by atoms with Crippen LogP contribution in [-0.4, -0.2) is 29.9 Å². The van der Waals surface area contributed by atoms with E-state index in [1.165, 1.54) is 7.05 Å². The monoisotopic (exact) mass is 164 g/mol. The molecular weight excluding hydrogens is 156 g/mol. The Bertz CT molecular complexity index is 168. The van der Waals surface area contributed by atoms with Crippen LogP contribution in [0, 0.1) is 0 Å². The van der Waals surface area contributed by atoms with Gasteiger partial charge in [-0.1, -0.05) is 11.6 Å². The van der Waals surface area contributed by atoms with Gasteiger partial charge in [-0.25, -0.2) is 4.79 Å². The quantitative estimate of drug-likeness (QED) is 0.477. The maximum atomic E-state index is 10.3. The fraction of sp³-hybridized carbons (Fsp3) is 0.500. The maximum Gasteiger partial charge on any atom is 0.346 e. The smallest absolute Gasteiger partial charge is 0.346 e. The minimum Gasteiger partial charge on any atom is -0.481 e. The van der Waals surface area contributed by atoms with E-state index < -0.39 is 12.0 Å². The molecule has 10 heavy (non-hydrogen) atoms. The SMILES string of the molecule is CNC(=O)N=[SH]CC(=O)O. The van der Waals surface area contributed by atoms with Gasteiger partial charge in [-0.2, -0.15) is 4.36 Å². The Morgan fingerprint density at radius 1 is 1.70 bits per heavy atom. The van der Waals surface area contributed by atoms with Gasteiger partial charge in [0.2, 0.25) is 0 Å². The lowest BCUT2D eigenvalue weighted by molar-refractivity contribution is -0.133. The highest BCUT2D eigenvalue weighted by atomic mass is 32.1. The molecule has 0 saturated carbocycles. The molecule has 0 aliphatic carbocycles. The number of aliphatic carboxylic acids is 1. The number of hydrogen-bond acceptors (Lipinski definition) is 2. The Morgan fingerprint density at radius 2 is 2.30 bits per heavy atom. The van der Waals surface area contributed by atoms with Crippen molar-refractivity contribution in [3.8, 4) is 0 Å². The third-order valence-corrected chi connectivity index (χ3v) is 1.32. The number of nitrogens with one attached hydrogen (secondary N) is 1. The average Bonchev–Trinajstić information content (AvgIpc) is 1.87. The summed E-state index contributed by atoms with van der Waals surface area (Å²) in [7, 11) is 1.43. The van der Waals surface area contributed by atoms with Gasteiger partial charge < -0.3 is 10.4 Å². The lowest BCUT2D eigenvalue weighted by Gasteiger charge is -1.87. The molecule has 0 aromatic rings. The number of thiol groups is 1. The molecule has 0 aromatic carbocycles. The van der Waals surface area contributed by atoms with Crippen LogP contribution in [-0.2, 0) is 16.4 Å². The highest BCUT2D eigenvalue weighted by Crippen LogP contribution is 1.73. The summed E-state index contributed by atoms with van der Waals surface area (Å²) in [4.78, 5) is 20.2. The third kappa shape index (κ3) is 5.23. The van der Waals surface area contributed by atoms with Gasteiger partial charge >= 0.3 is 12.0 Å². The second kappa shape index (κ2) is 4.92. The number of carbonyl (C=O) groups excluding carboxylic acids is 1. The van der Waals surface area contributed by atoms with Gasteiger partial charge in [-0.3, -0.25) is 4.79 Å². The molecule has 5 nitrogen and oxygen atoms in total. The summed E-state index contributed by atoms with van der Waals surface area (Å²) in [5, 5.41) is 10.3. The Hall–Kier alpha value is -0.910. The molecular formula is C4H8N2O3S. The van der Waals surface area contributed by atoms with Crippen LogP contribution < -0.4 is 5.32 Å². The first kappa shape index (κ1) is 9.09. The summed E-state index contributed by atoms with van der Waals surface area (Å²) < 4.78 is 3.32. The lowest BCUT2D eigenvalue weighted by Crippen LogP contribution is -2.13. The largest absolute Gasteiger partial charge is 0.481 e. The molecule has 6 heteroatoms. The van der Waals surface area contributed by atoms with Crippen molar-refractivity contribution < 1.29 is 14.7 Å². The van der Waals surface area contributed by atoms with Gasteiger partial charge in [0.05, 0.1) is 5.75 Å². The van der Waals surface area contributed by atoms with Crippen LogP contribution in [0.2, 0.25) is 0 Å². The van der Waals surface area contributed by atoms with Crippen LogP contribution in [0.4, 0.5) is 4.79 Å². The molecule has 0 unspecified atom stereocenters. The van der Waals surface area contributed by atoms with Crippen molar-refractivity contribution in [1.29, 1.82) is 0 Å². The number of nitrogens with zero attached hydrogens (tertiary/aromatic N) is 1. The van der Waals surface area contributed by atoms with Crippen molar-refractivity contribution in [2.24, 2.45) is 4.36 Å². The predicted molar refractivity (Wildman–Crippen MR) is 38.1 cm³/mol. The second-order valence-electron chi connectivity index (χ2n) is 1.35. The highest BCUT2D eigenvalue weighted by molar-refractivity contribution is 7.69. The molecule has 0 aliphatic rings. The van der Waals surface area contributed by atoms with Gasteiger partial charge in [-0.05, 0) is 0 Å². The fourth-order valence-electron chi connectivity index (χ4n) is 0.210. The van der Waals surface area contributed by atoms with E-state index in [9.17, 15) is 9.59 Å². The van der Waals surface area contributed by atoms with E-state index in [1.54, 1.807) is 0 Å². The Kier molecular flexibility index (Phi) is 4.47. The summed E-state index contributed by atoms with van der Waals surface area (Å²) >= 11 is 0.260. The van der Waals surface area contributed by atoms with Crippen molar-refractivity contribution in [3.05, 3.63) is 0 Å². The lowest BCUT2D eigenvalue weighted by atomic mass is 10.8. The molecule has 58 valence electrons. The molecule has 0 radical (unpaired) electrons. The van der Waals surface area contributed by atoms with Crippen LogP contribution in [0.25, 0.3) is 0 Å². The highest BCUT2D eigenvalue weighted by Gasteiger charge is 1.91. The number of carboxylic acid groups (broad SMARTS) is 1. The van der Waals surface area contributed by atoms with Gasteiger partial charge in [-0.15, -0.1) is 0 Å². The molecule has 0 aliphatic heterocycles. The molecule has 0 rings (SSSR count). The summed E-state index contributed by atoms with van der Waals surface area (Å²) in [6.07, 6.45) is 0. The molecule has 2 amide bonds. The first-order valence-corrected chi connectivity index (χ1v) is 3.51. The van der Waals surface area contributed by atoms with Crippen LogP contribution in [0.5, 0.6) is 0 Å². The van der Waals surface area contributed by atoms with E-state index in [1.807, 2.05) is 0 Å². The zero-order valence-electron chi connectivity index (χ0n) is 5.37. The van der Waals surface area contributed by atoms with E-state index in [2.05, 4.69) is 9.68 Å². The number of hydrogen-bond donors (Lipinski definition) is 3. The second-order valence-corrected chi connectivity index (χ2v) is 2.15. The normalized spacial score (nSPS) is 10.5. The topological polar surface area (TPSA) is 78.8 Å².